The van der Waals surface area contributed by atoms with E-state index in [1.54, 1.807) is 13.0 Å². The van der Waals surface area contributed by atoms with E-state index in [1.807, 2.05) is 0 Å². The zero-order chi connectivity index (χ0) is 13.1. The van der Waals surface area contributed by atoms with Crippen LogP contribution < -0.4 is 0 Å². The van der Waals surface area contributed by atoms with Crippen LogP contribution in [0, 0.1) is 0 Å². The fraction of sp³-hybridized carbons (Fsp3) is 0.600. The molecule has 1 N–H and O–H groups in total. The second-order valence-electron chi connectivity index (χ2n) is 5.36. The molecule has 0 amide bonds. The predicted octanol–water partition coefficient (Wildman–Crippen LogP) is 3.38. The van der Waals surface area contributed by atoms with Gasteiger partial charge in [0.1, 0.15) is 0 Å². The summed E-state index contributed by atoms with van der Waals surface area (Å²) in [4.78, 5) is 0. The molecule has 0 unspecified atom stereocenters. The van der Waals surface area contributed by atoms with Gasteiger partial charge in [-0.25, -0.2) is 0 Å². The molecule has 0 aliphatic carbocycles. The Balaban J connectivity index is 2.55. The molecule has 1 aliphatic rings. The van der Waals surface area contributed by atoms with Gasteiger partial charge in [-0.05, 0) is 39.7 Å². The SMILES string of the molecule is C=C[C@@](C)(O)C[C@H]1C=C(C)[C@H](CC=C(C)C)O1. The third kappa shape index (κ3) is 4.49. The molecule has 3 atom stereocenters. The molecule has 96 valence electrons. The van der Waals surface area contributed by atoms with Crippen LogP contribution in [0.4, 0.5) is 0 Å². The summed E-state index contributed by atoms with van der Waals surface area (Å²) in [6.45, 7) is 11.7. The number of rotatable bonds is 5. The van der Waals surface area contributed by atoms with Gasteiger partial charge in [0, 0.05) is 6.42 Å². The highest BCUT2D eigenvalue weighted by Crippen LogP contribution is 2.28. The van der Waals surface area contributed by atoms with Gasteiger partial charge in [0.05, 0.1) is 17.8 Å². The lowest BCUT2D eigenvalue weighted by atomic mass is 9.98. The Bertz CT molecular complexity index is 333. The van der Waals surface area contributed by atoms with Crippen LogP contribution >= 0.6 is 0 Å². The van der Waals surface area contributed by atoms with Crippen molar-refractivity contribution in [3.63, 3.8) is 0 Å². The zero-order valence-corrected chi connectivity index (χ0v) is 11.4. The van der Waals surface area contributed by atoms with Crippen LogP contribution in [0.15, 0.2) is 36.0 Å². The average Bonchev–Trinajstić information content (AvgIpc) is 2.55. The lowest BCUT2D eigenvalue weighted by molar-refractivity contribution is 0.00349. The molecule has 0 radical (unpaired) electrons. The third-order valence-electron chi connectivity index (χ3n) is 3.09. The summed E-state index contributed by atoms with van der Waals surface area (Å²) in [6.07, 6.45) is 7.52. The number of hydrogen-bond acceptors (Lipinski definition) is 2. The fourth-order valence-electron chi connectivity index (χ4n) is 1.94. The molecule has 17 heavy (non-hydrogen) atoms. The van der Waals surface area contributed by atoms with Gasteiger partial charge < -0.3 is 9.84 Å². The van der Waals surface area contributed by atoms with Crippen molar-refractivity contribution in [1.82, 2.24) is 0 Å². The molecule has 1 heterocycles. The summed E-state index contributed by atoms with van der Waals surface area (Å²) < 4.78 is 5.92. The topological polar surface area (TPSA) is 29.5 Å². The molecule has 1 aliphatic heterocycles. The fourth-order valence-corrected chi connectivity index (χ4v) is 1.94. The molecule has 0 saturated heterocycles. The Morgan fingerprint density at radius 2 is 2.24 bits per heavy atom. The molecule has 0 aromatic carbocycles. The lowest BCUT2D eigenvalue weighted by Gasteiger charge is -2.22. The van der Waals surface area contributed by atoms with Crippen molar-refractivity contribution in [3.05, 3.63) is 36.0 Å². The molecule has 0 bridgehead atoms. The van der Waals surface area contributed by atoms with E-state index in [9.17, 15) is 5.11 Å². The van der Waals surface area contributed by atoms with E-state index in [0.29, 0.717) is 6.42 Å². The molecule has 0 aromatic heterocycles. The second-order valence-corrected chi connectivity index (χ2v) is 5.36. The Labute approximate surface area is 105 Å². The molecule has 2 nitrogen and oxygen atoms in total. The molecule has 0 saturated carbocycles. The monoisotopic (exact) mass is 236 g/mol. The van der Waals surface area contributed by atoms with E-state index in [1.165, 1.54) is 11.1 Å². The van der Waals surface area contributed by atoms with Crippen molar-refractivity contribution < 1.29 is 9.84 Å². The quantitative estimate of drug-likeness (QED) is 0.741. The predicted molar refractivity (Wildman–Crippen MR) is 71.9 cm³/mol. The minimum absolute atomic E-state index is 0.00133. The Morgan fingerprint density at radius 3 is 2.76 bits per heavy atom. The molecule has 1 rings (SSSR count). The van der Waals surface area contributed by atoms with Gasteiger partial charge in [0.15, 0.2) is 0 Å². The smallest absolute Gasteiger partial charge is 0.0825 e. The maximum atomic E-state index is 9.94. The van der Waals surface area contributed by atoms with Crippen LogP contribution in [-0.2, 0) is 4.74 Å². The zero-order valence-electron chi connectivity index (χ0n) is 11.4. The molecule has 0 spiro atoms. The van der Waals surface area contributed by atoms with E-state index in [2.05, 4.69) is 39.5 Å². The summed E-state index contributed by atoms with van der Waals surface area (Å²) in [7, 11) is 0. The average molecular weight is 236 g/mol. The Morgan fingerprint density at radius 1 is 1.59 bits per heavy atom. The first-order valence-corrected chi connectivity index (χ1v) is 6.17. The maximum Gasteiger partial charge on any atom is 0.0825 e. The molecule has 2 heteroatoms. The number of aliphatic hydroxyl groups is 1. The minimum Gasteiger partial charge on any atom is -0.386 e. The molecule has 0 aromatic rings. The minimum atomic E-state index is -0.854. The number of allylic oxidation sites excluding steroid dienone is 1. The van der Waals surface area contributed by atoms with Gasteiger partial charge >= 0.3 is 0 Å². The van der Waals surface area contributed by atoms with Crippen molar-refractivity contribution in [1.29, 1.82) is 0 Å². The Kier molecular flexibility index (Phi) is 4.72. The third-order valence-corrected chi connectivity index (χ3v) is 3.09. The van der Waals surface area contributed by atoms with Gasteiger partial charge in [-0.15, -0.1) is 6.58 Å². The summed E-state index contributed by atoms with van der Waals surface area (Å²) in [5.74, 6) is 0. The van der Waals surface area contributed by atoms with Gasteiger partial charge in [-0.2, -0.15) is 0 Å². The van der Waals surface area contributed by atoms with Crippen molar-refractivity contribution in [2.24, 2.45) is 0 Å². The van der Waals surface area contributed by atoms with E-state index >= 15 is 0 Å². The van der Waals surface area contributed by atoms with Crippen LogP contribution in [0.2, 0.25) is 0 Å². The van der Waals surface area contributed by atoms with Crippen molar-refractivity contribution in [2.45, 2.75) is 58.3 Å². The highest BCUT2D eigenvalue weighted by Gasteiger charge is 2.28. The van der Waals surface area contributed by atoms with E-state index < -0.39 is 5.60 Å². The number of hydrogen-bond donors (Lipinski definition) is 1. The van der Waals surface area contributed by atoms with Crippen LogP contribution in [-0.4, -0.2) is 22.9 Å². The van der Waals surface area contributed by atoms with Crippen molar-refractivity contribution >= 4 is 0 Å². The van der Waals surface area contributed by atoms with E-state index in [4.69, 9.17) is 4.74 Å². The summed E-state index contributed by atoms with van der Waals surface area (Å²) in [6, 6.07) is 0. The lowest BCUT2D eigenvalue weighted by Crippen LogP contribution is -2.27. The van der Waals surface area contributed by atoms with E-state index in [0.717, 1.165) is 6.42 Å². The normalized spacial score (nSPS) is 27.2. The van der Waals surface area contributed by atoms with Crippen LogP contribution in [0.1, 0.15) is 40.5 Å². The van der Waals surface area contributed by atoms with E-state index in [-0.39, 0.29) is 12.2 Å². The molecule has 0 fully saturated rings. The molecular weight excluding hydrogens is 212 g/mol. The molecular formula is C15H24O2. The first-order valence-electron chi connectivity index (χ1n) is 6.17. The second kappa shape index (κ2) is 5.65. The maximum absolute atomic E-state index is 9.94. The highest BCUT2D eigenvalue weighted by molar-refractivity contribution is 5.17. The van der Waals surface area contributed by atoms with Crippen molar-refractivity contribution in [3.8, 4) is 0 Å². The number of ether oxygens (including phenoxy) is 1. The first kappa shape index (κ1) is 14.2. The van der Waals surface area contributed by atoms with Crippen molar-refractivity contribution in [2.75, 3.05) is 0 Å². The summed E-state index contributed by atoms with van der Waals surface area (Å²) in [5.41, 5.74) is 1.71. The highest BCUT2D eigenvalue weighted by atomic mass is 16.5. The largest absolute Gasteiger partial charge is 0.386 e. The summed E-state index contributed by atoms with van der Waals surface area (Å²) >= 11 is 0. The Hall–Kier alpha value is -0.860. The van der Waals surface area contributed by atoms with Gasteiger partial charge in [0.2, 0.25) is 0 Å². The first-order chi connectivity index (χ1) is 7.84. The van der Waals surface area contributed by atoms with Crippen LogP contribution in [0.25, 0.3) is 0 Å². The van der Waals surface area contributed by atoms with Crippen LogP contribution in [0.3, 0.4) is 0 Å². The summed E-state index contributed by atoms with van der Waals surface area (Å²) in [5, 5.41) is 9.94. The van der Waals surface area contributed by atoms with Crippen LogP contribution in [0.5, 0.6) is 0 Å². The van der Waals surface area contributed by atoms with Gasteiger partial charge in [-0.1, -0.05) is 23.8 Å². The van der Waals surface area contributed by atoms with Gasteiger partial charge in [0.25, 0.3) is 0 Å². The standard InChI is InChI=1S/C15H24O2/c1-6-15(5,16)10-13-9-12(4)14(17-13)8-7-11(2)3/h6-7,9,13-14,16H,1,8,10H2,2-5H3/t13-,14+,15-/m1/s1. The van der Waals surface area contributed by atoms with Gasteiger partial charge in [-0.3, -0.25) is 0 Å².